The molecule has 3 aromatic heterocycles. The maximum atomic E-state index is 14.4. The van der Waals surface area contributed by atoms with Crippen LogP contribution in [0.1, 0.15) is 44.2 Å². The lowest BCUT2D eigenvalue weighted by Gasteiger charge is -2.31. The Balaban J connectivity index is 1.52. The second kappa shape index (κ2) is 8.11. The summed E-state index contributed by atoms with van der Waals surface area (Å²) in [4.78, 5) is 29.4. The van der Waals surface area contributed by atoms with E-state index in [0.29, 0.717) is 28.5 Å². The van der Waals surface area contributed by atoms with Crippen LogP contribution in [0, 0.1) is 5.82 Å². The minimum absolute atomic E-state index is 0.0891. The van der Waals surface area contributed by atoms with Crippen LogP contribution >= 0.6 is 0 Å². The molecule has 1 saturated heterocycles. The number of fused-ring (bicyclic) bond motifs is 2. The van der Waals surface area contributed by atoms with Crippen LogP contribution in [0.25, 0.3) is 22.6 Å². The number of piperidine rings is 1. The van der Waals surface area contributed by atoms with Gasteiger partial charge in [0.15, 0.2) is 11.5 Å². The van der Waals surface area contributed by atoms with Gasteiger partial charge in [0.2, 0.25) is 5.91 Å². The number of pyridine rings is 1. The first-order valence-electron chi connectivity index (χ1n) is 12.0. The standard InChI is InChI=1S/C26H26FN7O/c1-26(2)19-21(31-25(26)35)29-22(30-24(19)33-13-6-3-7-14-33)20-17-10-8-12-28-23(17)34(32-20)15-16-9-4-5-11-18(16)27/h4-5,8-12H,3,6-7,13-15H2,1-2H3,(H,29,30,31,35). The Morgan fingerprint density at radius 1 is 1.06 bits per heavy atom. The Morgan fingerprint density at radius 2 is 1.86 bits per heavy atom. The summed E-state index contributed by atoms with van der Waals surface area (Å²) in [6.07, 6.45) is 5.05. The number of halogens is 1. The van der Waals surface area contributed by atoms with Gasteiger partial charge in [-0.3, -0.25) is 4.79 Å². The molecule has 1 fully saturated rings. The molecular weight excluding hydrogens is 445 g/mol. The number of nitrogens with zero attached hydrogens (tertiary/aromatic N) is 6. The normalized spacial score (nSPS) is 17.0. The number of rotatable bonds is 4. The minimum atomic E-state index is -0.728. The van der Waals surface area contributed by atoms with Crippen LogP contribution in [0.3, 0.4) is 0 Å². The van der Waals surface area contributed by atoms with E-state index in [-0.39, 0.29) is 18.3 Å². The predicted molar refractivity (Wildman–Crippen MR) is 132 cm³/mol. The highest BCUT2D eigenvalue weighted by Crippen LogP contribution is 2.43. The molecule has 1 aromatic carbocycles. The monoisotopic (exact) mass is 471 g/mol. The van der Waals surface area contributed by atoms with Crippen LogP contribution in [0.5, 0.6) is 0 Å². The Labute approximate surface area is 202 Å². The van der Waals surface area contributed by atoms with E-state index in [0.717, 1.165) is 42.7 Å². The fraction of sp³-hybridized carbons (Fsp3) is 0.346. The SMILES string of the molecule is CC1(C)C(=O)Nc2nc(-c3nn(Cc4ccccc4F)c4ncccc34)nc(N3CCCCC3)c21. The zero-order valence-electron chi connectivity index (χ0n) is 19.8. The molecule has 2 aliphatic heterocycles. The zero-order chi connectivity index (χ0) is 24.2. The van der Waals surface area contributed by atoms with E-state index in [2.05, 4.69) is 15.2 Å². The number of carbonyl (C=O) groups excluding carboxylic acids is 1. The summed E-state index contributed by atoms with van der Waals surface area (Å²) >= 11 is 0. The number of aromatic nitrogens is 5. The van der Waals surface area contributed by atoms with E-state index < -0.39 is 5.41 Å². The third kappa shape index (κ3) is 3.53. The number of nitrogens with one attached hydrogen (secondary N) is 1. The summed E-state index contributed by atoms with van der Waals surface area (Å²) in [5.74, 6) is 1.36. The minimum Gasteiger partial charge on any atom is -0.356 e. The smallest absolute Gasteiger partial charge is 0.235 e. The van der Waals surface area contributed by atoms with Gasteiger partial charge in [0, 0.05) is 24.8 Å². The Bertz CT molecular complexity index is 1460. The summed E-state index contributed by atoms with van der Waals surface area (Å²) in [7, 11) is 0. The first kappa shape index (κ1) is 21.6. The molecule has 4 aromatic rings. The Kier molecular flexibility index (Phi) is 5.01. The molecule has 0 bridgehead atoms. The van der Waals surface area contributed by atoms with Crippen LogP contribution in [-0.2, 0) is 16.8 Å². The van der Waals surface area contributed by atoms with Crippen LogP contribution in [0.2, 0.25) is 0 Å². The molecule has 35 heavy (non-hydrogen) atoms. The molecule has 5 heterocycles. The number of anilines is 2. The largest absolute Gasteiger partial charge is 0.356 e. The van der Waals surface area contributed by atoms with Gasteiger partial charge in [-0.05, 0) is 51.3 Å². The molecule has 0 unspecified atom stereocenters. The molecule has 178 valence electrons. The Hall–Kier alpha value is -3.88. The van der Waals surface area contributed by atoms with Gasteiger partial charge in [-0.1, -0.05) is 18.2 Å². The van der Waals surface area contributed by atoms with Crippen molar-refractivity contribution in [1.29, 1.82) is 0 Å². The molecule has 2 aliphatic rings. The number of hydrogen-bond acceptors (Lipinski definition) is 6. The van der Waals surface area contributed by atoms with Crippen molar-refractivity contribution in [2.24, 2.45) is 0 Å². The van der Waals surface area contributed by atoms with Crippen molar-refractivity contribution < 1.29 is 9.18 Å². The van der Waals surface area contributed by atoms with Crippen molar-refractivity contribution in [1.82, 2.24) is 24.7 Å². The molecule has 8 nitrogen and oxygen atoms in total. The van der Waals surface area contributed by atoms with Crippen molar-refractivity contribution in [2.75, 3.05) is 23.3 Å². The van der Waals surface area contributed by atoms with Gasteiger partial charge in [-0.15, -0.1) is 0 Å². The molecule has 0 atom stereocenters. The molecule has 0 spiro atoms. The second-order valence-electron chi connectivity index (χ2n) is 9.69. The van der Waals surface area contributed by atoms with Crippen molar-refractivity contribution in [2.45, 2.75) is 45.1 Å². The van der Waals surface area contributed by atoms with Crippen molar-refractivity contribution in [3.63, 3.8) is 0 Å². The lowest BCUT2D eigenvalue weighted by atomic mass is 9.86. The highest BCUT2D eigenvalue weighted by molar-refractivity contribution is 6.06. The summed E-state index contributed by atoms with van der Waals surface area (Å²) in [6, 6.07) is 10.4. The predicted octanol–water partition coefficient (Wildman–Crippen LogP) is 4.30. The van der Waals surface area contributed by atoms with Gasteiger partial charge >= 0.3 is 0 Å². The summed E-state index contributed by atoms with van der Waals surface area (Å²) in [5, 5.41) is 8.53. The van der Waals surface area contributed by atoms with E-state index in [1.807, 2.05) is 26.0 Å². The van der Waals surface area contributed by atoms with E-state index in [4.69, 9.17) is 15.1 Å². The van der Waals surface area contributed by atoms with Crippen molar-refractivity contribution >= 4 is 28.6 Å². The van der Waals surface area contributed by atoms with E-state index in [9.17, 15) is 9.18 Å². The maximum absolute atomic E-state index is 14.4. The molecule has 0 aliphatic carbocycles. The second-order valence-corrected chi connectivity index (χ2v) is 9.69. The quantitative estimate of drug-likeness (QED) is 0.478. The number of amides is 1. The summed E-state index contributed by atoms with van der Waals surface area (Å²) in [6.45, 7) is 5.82. The highest BCUT2D eigenvalue weighted by Gasteiger charge is 2.44. The fourth-order valence-electron chi connectivity index (χ4n) is 5.01. The van der Waals surface area contributed by atoms with E-state index in [1.165, 1.54) is 12.5 Å². The van der Waals surface area contributed by atoms with Gasteiger partial charge in [0.1, 0.15) is 23.1 Å². The average Bonchev–Trinajstić information content (AvgIpc) is 3.34. The van der Waals surface area contributed by atoms with Gasteiger partial charge in [-0.25, -0.2) is 24.0 Å². The van der Waals surface area contributed by atoms with E-state index >= 15 is 0 Å². The third-order valence-electron chi connectivity index (χ3n) is 6.97. The van der Waals surface area contributed by atoms with Crippen LogP contribution in [0.15, 0.2) is 42.6 Å². The summed E-state index contributed by atoms with van der Waals surface area (Å²) < 4.78 is 16.1. The molecule has 0 saturated carbocycles. The highest BCUT2D eigenvalue weighted by atomic mass is 19.1. The van der Waals surface area contributed by atoms with Crippen LogP contribution in [-0.4, -0.2) is 43.7 Å². The number of benzene rings is 1. The van der Waals surface area contributed by atoms with Gasteiger partial charge in [-0.2, -0.15) is 5.10 Å². The topological polar surface area (TPSA) is 88.8 Å². The lowest BCUT2D eigenvalue weighted by Crippen LogP contribution is -2.34. The first-order valence-corrected chi connectivity index (χ1v) is 12.0. The fourth-order valence-corrected chi connectivity index (χ4v) is 5.01. The first-order chi connectivity index (χ1) is 16.9. The van der Waals surface area contributed by atoms with Gasteiger partial charge in [0.05, 0.1) is 22.9 Å². The Morgan fingerprint density at radius 3 is 2.66 bits per heavy atom. The maximum Gasteiger partial charge on any atom is 0.235 e. The average molecular weight is 472 g/mol. The molecule has 1 amide bonds. The van der Waals surface area contributed by atoms with Gasteiger partial charge in [0.25, 0.3) is 0 Å². The molecule has 6 rings (SSSR count). The van der Waals surface area contributed by atoms with Crippen LogP contribution < -0.4 is 10.2 Å². The molecule has 0 radical (unpaired) electrons. The zero-order valence-corrected chi connectivity index (χ0v) is 19.8. The third-order valence-corrected chi connectivity index (χ3v) is 6.97. The number of carbonyl (C=O) groups is 1. The van der Waals surface area contributed by atoms with Crippen molar-refractivity contribution in [3.05, 3.63) is 59.5 Å². The molecule has 9 heteroatoms. The van der Waals surface area contributed by atoms with Gasteiger partial charge < -0.3 is 10.2 Å². The number of hydrogen-bond donors (Lipinski definition) is 1. The molecular formula is C26H26FN7O. The van der Waals surface area contributed by atoms with Crippen LogP contribution in [0.4, 0.5) is 16.0 Å². The molecule has 1 N–H and O–H groups in total. The van der Waals surface area contributed by atoms with E-state index in [1.54, 1.807) is 29.1 Å². The lowest BCUT2D eigenvalue weighted by molar-refractivity contribution is -0.119. The summed E-state index contributed by atoms with van der Waals surface area (Å²) in [5.41, 5.74) is 1.81. The van der Waals surface area contributed by atoms with Crippen molar-refractivity contribution in [3.8, 4) is 11.5 Å².